The molecule has 1 N–H and O–H groups in total. The van der Waals surface area contributed by atoms with Crippen LogP contribution in [-0.4, -0.2) is 59.0 Å². The van der Waals surface area contributed by atoms with Crippen LogP contribution in [0, 0.1) is 5.92 Å². The monoisotopic (exact) mass is 429 g/mol. The first-order valence-corrected chi connectivity index (χ1v) is 10.5. The Morgan fingerprint density at radius 1 is 1.13 bits per heavy atom. The fourth-order valence-electron chi connectivity index (χ4n) is 4.23. The van der Waals surface area contributed by atoms with Crippen LogP contribution in [0.5, 0.6) is 0 Å². The first kappa shape index (κ1) is 21.2. The van der Waals surface area contributed by atoms with Crippen molar-refractivity contribution in [2.24, 2.45) is 5.92 Å². The summed E-state index contributed by atoms with van der Waals surface area (Å²) >= 11 is 0. The highest BCUT2D eigenvalue weighted by atomic mass is 16.5. The quantitative estimate of drug-likeness (QED) is 0.780. The van der Waals surface area contributed by atoms with E-state index in [0.717, 1.165) is 0 Å². The van der Waals surface area contributed by atoms with Crippen molar-refractivity contribution in [2.45, 2.75) is 45.0 Å². The van der Waals surface area contributed by atoms with Crippen molar-refractivity contribution >= 4 is 17.7 Å². The van der Waals surface area contributed by atoms with E-state index in [1.54, 1.807) is 29.2 Å². The molecule has 1 spiro atoms. The number of furan rings is 2. The second-order valence-corrected chi connectivity index (χ2v) is 8.20. The Morgan fingerprint density at radius 2 is 1.84 bits per heavy atom. The van der Waals surface area contributed by atoms with Gasteiger partial charge in [0, 0.05) is 31.8 Å². The molecule has 0 aliphatic carbocycles. The lowest BCUT2D eigenvalue weighted by Gasteiger charge is -2.44. The number of carbonyl (C=O) groups is 3. The summed E-state index contributed by atoms with van der Waals surface area (Å²) in [7, 11) is 0. The molecule has 9 heteroatoms. The van der Waals surface area contributed by atoms with Crippen LogP contribution < -0.4 is 5.32 Å². The lowest BCUT2D eigenvalue weighted by molar-refractivity contribution is -0.146. The number of nitrogens with zero attached hydrogens (tertiary/aromatic N) is 2. The molecule has 2 aromatic rings. The maximum absolute atomic E-state index is 13.3. The Morgan fingerprint density at radius 3 is 2.45 bits per heavy atom. The SMILES string of the molecule is CC(C)C(=O)N1CCC2(CC1)OCC(C(=O)NCc1ccco1)N2C(=O)c1ccco1. The maximum atomic E-state index is 13.3. The molecule has 4 heterocycles. The van der Waals surface area contributed by atoms with E-state index >= 15 is 0 Å². The standard InChI is InChI=1S/C22H27N3O6/c1-15(2)20(27)24-9-7-22(8-10-24)25(21(28)18-6-4-12-30-18)17(14-31-22)19(26)23-13-16-5-3-11-29-16/h3-6,11-12,15,17H,7-10,13-14H2,1-2H3,(H,23,26). The summed E-state index contributed by atoms with van der Waals surface area (Å²) in [5.41, 5.74) is -0.954. The van der Waals surface area contributed by atoms with E-state index in [4.69, 9.17) is 13.6 Å². The zero-order valence-corrected chi connectivity index (χ0v) is 17.7. The van der Waals surface area contributed by atoms with Crippen molar-refractivity contribution in [3.05, 3.63) is 48.3 Å². The van der Waals surface area contributed by atoms with Crippen LogP contribution in [0.2, 0.25) is 0 Å². The van der Waals surface area contributed by atoms with Crippen LogP contribution in [0.4, 0.5) is 0 Å². The van der Waals surface area contributed by atoms with Crippen molar-refractivity contribution < 1.29 is 28.0 Å². The summed E-state index contributed by atoms with van der Waals surface area (Å²) in [6, 6.07) is 5.91. The van der Waals surface area contributed by atoms with Crippen LogP contribution in [0.1, 0.15) is 43.0 Å². The van der Waals surface area contributed by atoms with E-state index in [-0.39, 0.29) is 36.6 Å². The molecule has 4 rings (SSSR count). The molecule has 0 saturated carbocycles. The van der Waals surface area contributed by atoms with E-state index in [1.807, 2.05) is 13.8 Å². The molecule has 0 radical (unpaired) electrons. The summed E-state index contributed by atoms with van der Waals surface area (Å²) in [5.74, 6) is 0.0166. The Hall–Kier alpha value is -3.07. The van der Waals surface area contributed by atoms with Gasteiger partial charge >= 0.3 is 0 Å². The molecule has 3 amide bonds. The molecule has 1 atom stereocenters. The molecule has 1 unspecified atom stereocenters. The highest BCUT2D eigenvalue weighted by Crippen LogP contribution is 2.38. The van der Waals surface area contributed by atoms with Gasteiger partial charge in [-0.05, 0) is 24.3 Å². The summed E-state index contributed by atoms with van der Waals surface area (Å²) < 4.78 is 16.7. The lowest BCUT2D eigenvalue weighted by Crippen LogP contribution is -2.60. The van der Waals surface area contributed by atoms with E-state index in [0.29, 0.717) is 31.7 Å². The van der Waals surface area contributed by atoms with Gasteiger partial charge in [-0.15, -0.1) is 0 Å². The number of carbonyl (C=O) groups excluding carboxylic acids is 3. The number of rotatable bonds is 5. The predicted molar refractivity (Wildman–Crippen MR) is 109 cm³/mol. The molecule has 2 saturated heterocycles. The minimum atomic E-state index is -0.954. The van der Waals surface area contributed by atoms with E-state index in [9.17, 15) is 14.4 Å². The minimum absolute atomic E-state index is 0.0736. The van der Waals surface area contributed by atoms with Crippen LogP contribution in [0.15, 0.2) is 45.6 Å². The third kappa shape index (κ3) is 4.10. The van der Waals surface area contributed by atoms with E-state index in [2.05, 4.69) is 5.32 Å². The van der Waals surface area contributed by atoms with Gasteiger partial charge in [-0.1, -0.05) is 13.8 Å². The Balaban J connectivity index is 1.53. The fraction of sp³-hybridized carbons (Fsp3) is 0.500. The molecule has 2 aliphatic rings. The number of ether oxygens (including phenoxy) is 1. The van der Waals surface area contributed by atoms with Crippen LogP contribution in [0.3, 0.4) is 0 Å². The van der Waals surface area contributed by atoms with Gasteiger partial charge in [-0.3, -0.25) is 19.3 Å². The molecular formula is C22H27N3O6. The molecule has 31 heavy (non-hydrogen) atoms. The van der Waals surface area contributed by atoms with Gasteiger partial charge in [0.25, 0.3) is 5.91 Å². The van der Waals surface area contributed by atoms with Gasteiger partial charge in [-0.25, -0.2) is 0 Å². The summed E-state index contributed by atoms with van der Waals surface area (Å²) in [6.07, 6.45) is 3.82. The Bertz CT molecular complexity index is 913. The third-order valence-corrected chi connectivity index (χ3v) is 5.88. The first-order valence-electron chi connectivity index (χ1n) is 10.5. The number of hydrogen-bond acceptors (Lipinski definition) is 6. The zero-order chi connectivity index (χ0) is 22.0. The Kier molecular flexibility index (Phi) is 5.86. The first-order chi connectivity index (χ1) is 14.9. The number of hydrogen-bond donors (Lipinski definition) is 1. The van der Waals surface area contributed by atoms with Gasteiger partial charge in [0.05, 0.1) is 25.7 Å². The predicted octanol–water partition coefficient (Wildman–Crippen LogP) is 2.00. The van der Waals surface area contributed by atoms with Gasteiger partial charge in [0.15, 0.2) is 5.76 Å². The maximum Gasteiger partial charge on any atom is 0.292 e. The molecule has 2 aromatic heterocycles. The summed E-state index contributed by atoms with van der Waals surface area (Å²) in [4.78, 5) is 42.0. The topological polar surface area (TPSA) is 105 Å². The average Bonchev–Trinajstić information content (AvgIpc) is 3.53. The molecular weight excluding hydrogens is 402 g/mol. The van der Waals surface area contributed by atoms with Gasteiger partial charge in [-0.2, -0.15) is 0 Å². The highest BCUT2D eigenvalue weighted by molar-refractivity contribution is 5.96. The minimum Gasteiger partial charge on any atom is -0.467 e. The van der Waals surface area contributed by atoms with Crippen molar-refractivity contribution in [3.63, 3.8) is 0 Å². The summed E-state index contributed by atoms with van der Waals surface area (Å²) in [6.45, 7) is 4.94. The number of amides is 3. The van der Waals surface area contributed by atoms with Crippen molar-refractivity contribution in [2.75, 3.05) is 19.7 Å². The third-order valence-electron chi connectivity index (χ3n) is 5.88. The Labute approximate surface area is 180 Å². The van der Waals surface area contributed by atoms with Crippen molar-refractivity contribution in [1.82, 2.24) is 15.1 Å². The molecule has 0 aromatic carbocycles. The van der Waals surface area contributed by atoms with E-state index in [1.165, 1.54) is 17.4 Å². The lowest BCUT2D eigenvalue weighted by atomic mass is 9.96. The molecule has 0 bridgehead atoms. The molecule has 2 aliphatic heterocycles. The molecule has 9 nitrogen and oxygen atoms in total. The van der Waals surface area contributed by atoms with Crippen molar-refractivity contribution in [3.8, 4) is 0 Å². The second-order valence-electron chi connectivity index (χ2n) is 8.20. The number of likely N-dealkylation sites (tertiary alicyclic amines) is 1. The number of nitrogens with one attached hydrogen (secondary N) is 1. The molecule has 166 valence electrons. The van der Waals surface area contributed by atoms with Crippen LogP contribution >= 0.6 is 0 Å². The van der Waals surface area contributed by atoms with Gasteiger partial charge in [0.2, 0.25) is 11.8 Å². The molecule has 2 fully saturated rings. The van der Waals surface area contributed by atoms with Crippen LogP contribution in [-0.2, 0) is 20.9 Å². The van der Waals surface area contributed by atoms with Crippen molar-refractivity contribution in [1.29, 1.82) is 0 Å². The highest BCUT2D eigenvalue weighted by Gasteiger charge is 2.54. The fourth-order valence-corrected chi connectivity index (χ4v) is 4.23. The van der Waals surface area contributed by atoms with Crippen LogP contribution in [0.25, 0.3) is 0 Å². The van der Waals surface area contributed by atoms with Gasteiger partial charge in [0.1, 0.15) is 17.5 Å². The zero-order valence-electron chi connectivity index (χ0n) is 17.7. The number of piperidine rings is 1. The van der Waals surface area contributed by atoms with Gasteiger partial charge < -0.3 is 23.8 Å². The average molecular weight is 429 g/mol. The summed E-state index contributed by atoms with van der Waals surface area (Å²) in [5, 5.41) is 2.82. The normalized spacial score (nSPS) is 20.4. The largest absolute Gasteiger partial charge is 0.467 e. The second kappa shape index (κ2) is 8.58. The van der Waals surface area contributed by atoms with E-state index < -0.39 is 17.7 Å². The smallest absolute Gasteiger partial charge is 0.292 e.